The van der Waals surface area contributed by atoms with E-state index >= 15 is 0 Å². The van der Waals surface area contributed by atoms with E-state index in [1.807, 2.05) is 37.3 Å². The molecule has 2 aromatic carbocycles. The number of ether oxygens (including phenoxy) is 1. The second-order valence-corrected chi connectivity index (χ2v) is 4.84. The molecule has 0 N–H and O–H groups in total. The molecule has 1 aliphatic heterocycles. The van der Waals surface area contributed by atoms with Gasteiger partial charge in [-0.2, -0.15) is 0 Å². The van der Waals surface area contributed by atoms with E-state index in [2.05, 4.69) is 18.2 Å². The molecule has 1 heterocycles. The van der Waals surface area contributed by atoms with Gasteiger partial charge in [0, 0.05) is 6.42 Å². The maximum absolute atomic E-state index is 12.1. The van der Waals surface area contributed by atoms with Crippen molar-refractivity contribution in [2.24, 2.45) is 0 Å². The Morgan fingerprint density at radius 3 is 2.74 bits per heavy atom. The first-order valence-corrected chi connectivity index (χ1v) is 6.64. The van der Waals surface area contributed by atoms with Crippen LogP contribution in [0.5, 0.6) is 0 Å². The van der Waals surface area contributed by atoms with Crippen LogP contribution in [0.15, 0.2) is 54.3 Å². The van der Waals surface area contributed by atoms with Crippen LogP contribution in [-0.2, 0) is 9.53 Å². The van der Waals surface area contributed by atoms with Gasteiger partial charge in [0.05, 0.1) is 5.92 Å². The van der Waals surface area contributed by atoms with Gasteiger partial charge in [0.2, 0.25) is 0 Å². The number of allylic oxidation sites excluding steroid dienone is 2. The summed E-state index contributed by atoms with van der Waals surface area (Å²) in [6.07, 6.45) is 3.53. The van der Waals surface area contributed by atoms with Crippen molar-refractivity contribution < 1.29 is 9.53 Å². The minimum Gasteiger partial charge on any atom is -0.431 e. The summed E-state index contributed by atoms with van der Waals surface area (Å²) >= 11 is 0. The van der Waals surface area contributed by atoms with Crippen molar-refractivity contribution in [3.63, 3.8) is 0 Å². The Labute approximate surface area is 112 Å². The quantitative estimate of drug-likeness (QED) is 0.712. The normalized spacial score (nSPS) is 21.6. The van der Waals surface area contributed by atoms with Crippen LogP contribution in [0.4, 0.5) is 0 Å². The van der Waals surface area contributed by atoms with Gasteiger partial charge in [-0.25, -0.2) is 0 Å². The lowest BCUT2D eigenvalue weighted by molar-refractivity contribution is -0.143. The summed E-state index contributed by atoms with van der Waals surface area (Å²) in [5, 5.41) is 2.32. The van der Waals surface area contributed by atoms with Gasteiger partial charge in [-0.1, -0.05) is 42.5 Å². The highest BCUT2D eigenvalue weighted by Crippen LogP contribution is 2.34. The van der Waals surface area contributed by atoms with Crippen molar-refractivity contribution in [3.05, 3.63) is 59.9 Å². The van der Waals surface area contributed by atoms with Gasteiger partial charge >= 0.3 is 5.97 Å². The lowest BCUT2D eigenvalue weighted by Gasteiger charge is -2.24. The van der Waals surface area contributed by atoms with Crippen molar-refractivity contribution >= 4 is 16.7 Å². The molecule has 0 bridgehead atoms. The number of rotatable bonds is 1. The van der Waals surface area contributed by atoms with Gasteiger partial charge in [0.15, 0.2) is 0 Å². The lowest BCUT2D eigenvalue weighted by Crippen LogP contribution is -2.21. The van der Waals surface area contributed by atoms with Crippen molar-refractivity contribution in [3.8, 4) is 0 Å². The summed E-state index contributed by atoms with van der Waals surface area (Å²) in [7, 11) is 0. The predicted octanol–water partition coefficient (Wildman–Crippen LogP) is 4.16. The Kier molecular flexibility index (Phi) is 3.08. The fraction of sp³-hybridized carbons (Fsp3) is 0.235. The molecule has 2 heteroatoms. The third-order valence-corrected chi connectivity index (χ3v) is 3.72. The first-order valence-electron chi connectivity index (χ1n) is 6.64. The van der Waals surface area contributed by atoms with Crippen LogP contribution >= 0.6 is 0 Å². The molecule has 0 saturated carbocycles. The van der Waals surface area contributed by atoms with E-state index in [0.717, 1.165) is 29.6 Å². The largest absolute Gasteiger partial charge is 0.431 e. The topological polar surface area (TPSA) is 26.3 Å². The third-order valence-electron chi connectivity index (χ3n) is 3.72. The molecule has 0 amide bonds. The predicted molar refractivity (Wildman–Crippen MR) is 75.8 cm³/mol. The highest BCUT2D eigenvalue weighted by Gasteiger charge is 2.29. The molecular weight excluding hydrogens is 236 g/mol. The lowest BCUT2D eigenvalue weighted by atomic mass is 9.88. The molecule has 0 aliphatic carbocycles. The Morgan fingerprint density at radius 1 is 1.16 bits per heavy atom. The van der Waals surface area contributed by atoms with Crippen LogP contribution in [0.25, 0.3) is 10.8 Å². The van der Waals surface area contributed by atoms with Crippen molar-refractivity contribution in [1.29, 1.82) is 0 Å². The Bertz CT molecular complexity index is 650. The Morgan fingerprint density at radius 2 is 1.95 bits per heavy atom. The molecule has 1 aliphatic rings. The van der Waals surface area contributed by atoms with Crippen LogP contribution < -0.4 is 0 Å². The maximum atomic E-state index is 12.1. The summed E-state index contributed by atoms with van der Waals surface area (Å²) in [6.45, 7) is 1.90. The Balaban J connectivity index is 2.03. The third kappa shape index (κ3) is 2.14. The van der Waals surface area contributed by atoms with Gasteiger partial charge in [-0.3, -0.25) is 4.79 Å². The molecular formula is C17H16O2. The van der Waals surface area contributed by atoms with Crippen molar-refractivity contribution in [1.82, 2.24) is 0 Å². The first-order chi connectivity index (χ1) is 9.29. The summed E-state index contributed by atoms with van der Waals surface area (Å²) in [5.41, 5.74) is 1.08. The van der Waals surface area contributed by atoms with E-state index in [0.29, 0.717) is 0 Å². The van der Waals surface area contributed by atoms with Crippen LogP contribution in [0, 0.1) is 0 Å². The molecule has 2 nitrogen and oxygen atoms in total. The fourth-order valence-corrected chi connectivity index (χ4v) is 2.70. The number of cyclic esters (lactones) is 1. The summed E-state index contributed by atoms with van der Waals surface area (Å²) in [4.78, 5) is 12.1. The molecule has 3 rings (SSSR count). The number of fused-ring (bicyclic) bond motifs is 1. The number of carbonyl (C=O) groups is 1. The molecule has 1 saturated heterocycles. The fourth-order valence-electron chi connectivity index (χ4n) is 2.70. The second-order valence-electron chi connectivity index (χ2n) is 4.84. The molecule has 96 valence electrons. The van der Waals surface area contributed by atoms with Crippen LogP contribution in [0.3, 0.4) is 0 Å². The van der Waals surface area contributed by atoms with Crippen molar-refractivity contribution in [2.75, 3.05) is 0 Å². The highest BCUT2D eigenvalue weighted by atomic mass is 16.5. The molecule has 1 fully saturated rings. The van der Waals surface area contributed by atoms with Crippen molar-refractivity contribution in [2.45, 2.75) is 25.7 Å². The molecule has 1 unspecified atom stereocenters. The SMILES string of the molecule is C/C=C1\CCC(c2cccc3ccccc23)C(=O)O1. The molecule has 2 aromatic rings. The molecule has 19 heavy (non-hydrogen) atoms. The average molecular weight is 252 g/mol. The highest BCUT2D eigenvalue weighted by molar-refractivity contribution is 5.91. The monoisotopic (exact) mass is 252 g/mol. The summed E-state index contributed by atoms with van der Waals surface area (Å²) < 4.78 is 5.37. The second kappa shape index (κ2) is 4.88. The van der Waals surface area contributed by atoms with E-state index in [-0.39, 0.29) is 11.9 Å². The zero-order valence-corrected chi connectivity index (χ0v) is 10.9. The summed E-state index contributed by atoms with van der Waals surface area (Å²) in [5.74, 6) is 0.520. The first kappa shape index (κ1) is 12.0. The summed E-state index contributed by atoms with van der Waals surface area (Å²) in [6, 6.07) is 14.3. The minimum absolute atomic E-state index is 0.129. The van der Waals surface area contributed by atoms with E-state index in [4.69, 9.17) is 4.74 Å². The number of hydrogen-bond acceptors (Lipinski definition) is 2. The van der Waals surface area contributed by atoms with Gasteiger partial charge in [0.1, 0.15) is 5.76 Å². The van der Waals surface area contributed by atoms with Crippen LogP contribution in [0.2, 0.25) is 0 Å². The number of esters is 1. The van der Waals surface area contributed by atoms with Gasteiger partial charge in [0.25, 0.3) is 0 Å². The van der Waals surface area contributed by atoms with Gasteiger partial charge in [-0.05, 0) is 35.8 Å². The maximum Gasteiger partial charge on any atom is 0.318 e. The van der Waals surface area contributed by atoms with Gasteiger partial charge < -0.3 is 4.74 Å². The van der Waals surface area contributed by atoms with Crippen LogP contribution in [-0.4, -0.2) is 5.97 Å². The number of hydrogen-bond donors (Lipinski definition) is 0. The molecule has 0 radical (unpaired) electrons. The van der Waals surface area contributed by atoms with Gasteiger partial charge in [-0.15, -0.1) is 0 Å². The molecule has 1 atom stereocenters. The Hall–Kier alpha value is -2.09. The van der Waals surface area contributed by atoms with E-state index < -0.39 is 0 Å². The standard InChI is InChI=1S/C17H16O2/c1-2-13-10-11-16(17(18)19-13)15-9-5-7-12-6-3-4-8-14(12)15/h2-9,16H,10-11H2,1H3/b13-2+. The van der Waals surface area contributed by atoms with E-state index in [1.54, 1.807) is 0 Å². The molecule has 0 aromatic heterocycles. The number of benzene rings is 2. The van der Waals surface area contributed by atoms with Crippen LogP contribution in [0.1, 0.15) is 31.2 Å². The zero-order valence-electron chi connectivity index (χ0n) is 10.9. The number of carbonyl (C=O) groups excluding carboxylic acids is 1. The van der Waals surface area contributed by atoms with E-state index in [1.165, 1.54) is 5.39 Å². The smallest absolute Gasteiger partial charge is 0.318 e. The average Bonchev–Trinajstić information content (AvgIpc) is 2.46. The van der Waals surface area contributed by atoms with E-state index in [9.17, 15) is 4.79 Å². The molecule has 0 spiro atoms. The minimum atomic E-state index is -0.144. The zero-order chi connectivity index (χ0) is 13.2.